The zero-order chi connectivity index (χ0) is 19.2. The summed E-state index contributed by atoms with van der Waals surface area (Å²) >= 11 is 6.47. The number of halogens is 1. The van der Waals surface area contributed by atoms with E-state index in [9.17, 15) is 9.59 Å². The maximum Gasteiger partial charge on any atom is 0.245 e. The summed E-state index contributed by atoms with van der Waals surface area (Å²) in [5, 5.41) is 5.64. The van der Waals surface area contributed by atoms with Crippen molar-refractivity contribution in [2.24, 2.45) is 0 Å². The Labute approximate surface area is 163 Å². The summed E-state index contributed by atoms with van der Waals surface area (Å²) in [5.41, 5.74) is 0.734. The van der Waals surface area contributed by atoms with Crippen molar-refractivity contribution in [3.63, 3.8) is 0 Å². The fourth-order valence-electron chi connectivity index (χ4n) is 3.45. The van der Waals surface area contributed by atoms with Gasteiger partial charge in [-0.15, -0.1) is 11.6 Å². The molecule has 27 heavy (non-hydrogen) atoms. The molecule has 2 aromatic rings. The first-order valence-electron chi connectivity index (χ1n) is 9.27. The minimum Gasteiger partial charge on any atom is -0.360 e. The molecule has 1 aromatic heterocycles. The summed E-state index contributed by atoms with van der Waals surface area (Å²) in [6.45, 7) is 1.70. The fourth-order valence-corrected chi connectivity index (χ4v) is 3.72. The first kappa shape index (κ1) is 19.4. The van der Waals surface area contributed by atoms with Gasteiger partial charge in [0, 0.05) is 12.1 Å². The van der Waals surface area contributed by atoms with Crippen LogP contribution in [-0.4, -0.2) is 34.5 Å². The molecule has 1 atom stereocenters. The fraction of sp³-hybridized carbons (Fsp3) is 0.450. The lowest BCUT2D eigenvalue weighted by Crippen LogP contribution is -2.47. The van der Waals surface area contributed by atoms with Crippen molar-refractivity contribution >= 4 is 29.2 Å². The third kappa shape index (κ3) is 5.10. The van der Waals surface area contributed by atoms with Gasteiger partial charge in [0.05, 0.1) is 0 Å². The maximum atomic E-state index is 13.1. The largest absolute Gasteiger partial charge is 0.360 e. The molecule has 1 unspecified atom stereocenters. The zero-order valence-corrected chi connectivity index (χ0v) is 16.1. The van der Waals surface area contributed by atoms with Crippen LogP contribution in [-0.2, 0) is 9.59 Å². The number of nitrogens with one attached hydrogen (secondary N) is 1. The van der Waals surface area contributed by atoms with Crippen LogP contribution in [0.1, 0.15) is 48.8 Å². The van der Waals surface area contributed by atoms with Gasteiger partial charge in [0.1, 0.15) is 17.7 Å². The van der Waals surface area contributed by atoms with Gasteiger partial charge in [-0.05, 0) is 25.3 Å². The molecule has 3 rings (SSSR count). The minimum atomic E-state index is -0.810. The van der Waals surface area contributed by atoms with Crippen LogP contribution in [0.4, 0.5) is 5.82 Å². The van der Waals surface area contributed by atoms with E-state index in [0.717, 1.165) is 37.7 Å². The molecule has 1 aliphatic carbocycles. The van der Waals surface area contributed by atoms with Crippen molar-refractivity contribution in [1.82, 2.24) is 10.1 Å². The summed E-state index contributed by atoms with van der Waals surface area (Å²) in [6.07, 6.45) is 5.04. The van der Waals surface area contributed by atoms with Crippen molar-refractivity contribution in [3.05, 3.63) is 47.7 Å². The van der Waals surface area contributed by atoms with Crippen LogP contribution in [0.3, 0.4) is 0 Å². The van der Waals surface area contributed by atoms with Crippen molar-refractivity contribution < 1.29 is 14.1 Å². The van der Waals surface area contributed by atoms with E-state index in [1.165, 1.54) is 0 Å². The Morgan fingerprint density at radius 1 is 1.26 bits per heavy atom. The Bertz CT molecular complexity index is 772. The summed E-state index contributed by atoms with van der Waals surface area (Å²) < 4.78 is 4.96. The van der Waals surface area contributed by atoms with Crippen LogP contribution in [0.2, 0.25) is 0 Å². The molecule has 6 nitrogen and oxygen atoms in total. The molecule has 1 heterocycles. The van der Waals surface area contributed by atoms with Crippen LogP contribution < -0.4 is 5.32 Å². The molecule has 1 N–H and O–H groups in total. The second-order valence-electron chi connectivity index (χ2n) is 6.90. The number of anilines is 1. The van der Waals surface area contributed by atoms with Crippen molar-refractivity contribution in [2.45, 2.75) is 50.4 Å². The monoisotopic (exact) mass is 389 g/mol. The number of hydrogen-bond acceptors (Lipinski definition) is 4. The molecule has 0 bridgehead atoms. The Kier molecular flexibility index (Phi) is 6.50. The maximum absolute atomic E-state index is 13.1. The van der Waals surface area contributed by atoms with Gasteiger partial charge in [-0.1, -0.05) is 54.8 Å². The smallest absolute Gasteiger partial charge is 0.245 e. The third-order valence-corrected chi connectivity index (χ3v) is 5.26. The standard InChI is InChI=1S/C20H24ClN3O3/c1-14-12-17(23-27-14)22-18(25)13-24(16-10-6-3-7-11-16)20(26)19(21)15-8-4-2-5-9-15/h2,4-5,8-9,12,16,19H,3,6-7,10-11,13H2,1H3,(H,22,23,25). The number of carbonyl (C=O) groups excluding carboxylic acids is 2. The molecule has 2 amide bonds. The topological polar surface area (TPSA) is 75.4 Å². The molecule has 1 saturated carbocycles. The number of hydrogen-bond donors (Lipinski definition) is 1. The molecule has 0 aliphatic heterocycles. The Hall–Kier alpha value is -2.34. The highest BCUT2D eigenvalue weighted by Crippen LogP contribution is 2.28. The third-order valence-electron chi connectivity index (χ3n) is 4.82. The van der Waals surface area contributed by atoms with E-state index in [2.05, 4.69) is 10.5 Å². The van der Waals surface area contributed by atoms with E-state index >= 15 is 0 Å². The van der Waals surface area contributed by atoms with E-state index in [1.807, 2.05) is 30.3 Å². The summed E-state index contributed by atoms with van der Waals surface area (Å²) in [6, 6.07) is 10.9. The Morgan fingerprint density at radius 3 is 2.59 bits per heavy atom. The molecule has 1 aliphatic rings. The number of aryl methyl sites for hydroxylation is 1. The van der Waals surface area contributed by atoms with E-state index in [1.54, 1.807) is 17.9 Å². The number of benzene rings is 1. The number of aromatic nitrogens is 1. The molecule has 1 aromatic carbocycles. The van der Waals surface area contributed by atoms with Crippen LogP contribution in [0.15, 0.2) is 40.9 Å². The highest BCUT2D eigenvalue weighted by atomic mass is 35.5. The van der Waals surface area contributed by atoms with Crippen LogP contribution >= 0.6 is 11.6 Å². The van der Waals surface area contributed by atoms with Gasteiger partial charge in [-0.3, -0.25) is 9.59 Å². The van der Waals surface area contributed by atoms with E-state index in [-0.39, 0.29) is 24.4 Å². The summed E-state index contributed by atoms with van der Waals surface area (Å²) in [5.74, 6) is 0.412. The predicted molar refractivity (Wildman–Crippen MR) is 103 cm³/mol. The Balaban J connectivity index is 1.73. The molecule has 0 spiro atoms. The number of amides is 2. The molecule has 0 saturated heterocycles. The normalized spacial score (nSPS) is 15.9. The molecule has 1 fully saturated rings. The van der Waals surface area contributed by atoms with Gasteiger partial charge in [0.15, 0.2) is 5.82 Å². The van der Waals surface area contributed by atoms with E-state index in [4.69, 9.17) is 16.1 Å². The first-order chi connectivity index (χ1) is 13.0. The molecule has 144 valence electrons. The molecule has 0 radical (unpaired) electrons. The summed E-state index contributed by atoms with van der Waals surface area (Å²) in [7, 11) is 0. The van der Waals surface area contributed by atoms with Gasteiger partial charge >= 0.3 is 0 Å². The second kappa shape index (κ2) is 9.04. The number of rotatable bonds is 6. The van der Waals surface area contributed by atoms with Crippen molar-refractivity contribution in [2.75, 3.05) is 11.9 Å². The predicted octanol–water partition coefficient (Wildman–Crippen LogP) is 4.06. The molecule has 7 heteroatoms. The molecular formula is C20H24ClN3O3. The van der Waals surface area contributed by atoms with Crippen LogP contribution in [0.5, 0.6) is 0 Å². The van der Waals surface area contributed by atoms with Gasteiger partial charge in [0.25, 0.3) is 0 Å². The molecular weight excluding hydrogens is 366 g/mol. The lowest BCUT2D eigenvalue weighted by molar-refractivity contribution is -0.137. The highest BCUT2D eigenvalue weighted by Gasteiger charge is 2.32. The first-order valence-corrected chi connectivity index (χ1v) is 9.71. The van der Waals surface area contributed by atoms with Crippen molar-refractivity contribution in [3.8, 4) is 0 Å². The van der Waals surface area contributed by atoms with Gasteiger partial charge in [-0.2, -0.15) is 0 Å². The van der Waals surface area contributed by atoms with Gasteiger partial charge in [0.2, 0.25) is 11.8 Å². The van der Waals surface area contributed by atoms with Crippen LogP contribution in [0.25, 0.3) is 0 Å². The zero-order valence-electron chi connectivity index (χ0n) is 15.4. The van der Waals surface area contributed by atoms with Gasteiger partial charge in [-0.25, -0.2) is 0 Å². The van der Waals surface area contributed by atoms with E-state index < -0.39 is 5.38 Å². The van der Waals surface area contributed by atoms with Crippen molar-refractivity contribution in [1.29, 1.82) is 0 Å². The van der Waals surface area contributed by atoms with Crippen LogP contribution in [0, 0.1) is 6.92 Å². The lowest BCUT2D eigenvalue weighted by Gasteiger charge is -2.35. The highest BCUT2D eigenvalue weighted by molar-refractivity contribution is 6.30. The Morgan fingerprint density at radius 2 is 1.96 bits per heavy atom. The number of carbonyl (C=O) groups is 2. The second-order valence-corrected chi connectivity index (χ2v) is 7.34. The average molecular weight is 390 g/mol. The van der Waals surface area contributed by atoms with Gasteiger partial charge < -0.3 is 14.7 Å². The summed E-state index contributed by atoms with van der Waals surface area (Å²) in [4.78, 5) is 27.3. The lowest BCUT2D eigenvalue weighted by atomic mass is 9.93. The SMILES string of the molecule is Cc1cc(NC(=O)CN(C(=O)C(Cl)c2ccccc2)C2CCCCC2)no1. The minimum absolute atomic E-state index is 0.0287. The quantitative estimate of drug-likeness (QED) is 0.756. The average Bonchev–Trinajstić information content (AvgIpc) is 3.11. The number of nitrogens with zero attached hydrogens (tertiary/aromatic N) is 2. The van der Waals surface area contributed by atoms with E-state index in [0.29, 0.717) is 11.6 Å². The number of alkyl halides is 1.